The maximum Gasteiger partial charge on any atom is 0.328 e. The standard InChI is InChI=1S/C25H34IN3O6S.C20H28IN3O5S.ClH/c1-3-4-10-22(30)27-23(17-8-6-5-7-9-17)24(31)29-16-19(15-21(29)25(32)35-2)28-36(33,34)20-13-11-18(26)12-14-20;1-29-20(26)17-11-15(23-30(27,28)16-9-7-14(21)8-10-16)12-24(17)19(25)18(22)13-5-3-2-4-6-13;/h3,11-14,17,19,21,23,28H,1,4-10,15-16H2,2H3,(H,27,30);7-10,13,15,17-18,23H,2-6,11-12,22H2,1H3;1H/t19-,21-,23+;15-,17-,18+;/m11./s1. The predicted octanol–water partition coefficient (Wildman–Crippen LogP) is 4.78. The topological polar surface area (TPSA) is 241 Å². The molecule has 0 unspecified atom stereocenters. The van der Waals surface area contributed by atoms with Crippen molar-refractivity contribution in [3.8, 4) is 0 Å². The largest absolute Gasteiger partial charge is 0.467 e. The first-order valence-electron chi connectivity index (χ1n) is 22.4. The average molecular weight is 1220 g/mol. The first-order chi connectivity index (χ1) is 31.4. The number of likely N-dealkylation sites (tertiary alicyclic amines) is 2. The van der Waals surface area contributed by atoms with Crippen molar-refractivity contribution in [3.05, 3.63) is 68.3 Å². The van der Waals surface area contributed by atoms with E-state index in [0.717, 1.165) is 71.3 Å². The van der Waals surface area contributed by atoms with Crippen LogP contribution in [0.15, 0.2) is 71.0 Å². The minimum Gasteiger partial charge on any atom is -0.467 e. The lowest BCUT2D eigenvalue weighted by Crippen LogP contribution is -2.55. The summed E-state index contributed by atoms with van der Waals surface area (Å²) in [5.74, 6) is -2.06. The number of amides is 3. The van der Waals surface area contributed by atoms with Crippen LogP contribution in [0.3, 0.4) is 0 Å². The van der Waals surface area contributed by atoms with Gasteiger partial charge in [0.2, 0.25) is 37.8 Å². The number of hydrogen-bond donors (Lipinski definition) is 4. The van der Waals surface area contributed by atoms with Gasteiger partial charge in [0, 0.05) is 38.7 Å². The molecule has 22 heteroatoms. The Morgan fingerprint density at radius 2 is 1.10 bits per heavy atom. The van der Waals surface area contributed by atoms with E-state index >= 15 is 0 Å². The molecule has 0 radical (unpaired) electrons. The Kier molecular flexibility index (Phi) is 22.3. The van der Waals surface area contributed by atoms with Gasteiger partial charge in [0.25, 0.3) is 0 Å². The zero-order valence-electron chi connectivity index (χ0n) is 37.8. The van der Waals surface area contributed by atoms with E-state index in [-0.39, 0.29) is 84.1 Å². The second kappa shape index (κ2) is 26.3. The van der Waals surface area contributed by atoms with Crippen molar-refractivity contribution in [2.45, 2.75) is 136 Å². The normalized spacial score (nSPS) is 22.3. The van der Waals surface area contributed by atoms with Crippen LogP contribution in [0.25, 0.3) is 0 Å². The van der Waals surface area contributed by atoms with E-state index in [2.05, 4.69) is 66.5 Å². The Balaban J connectivity index is 0.000000293. The van der Waals surface area contributed by atoms with Crippen LogP contribution in [-0.2, 0) is 53.5 Å². The van der Waals surface area contributed by atoms with E-state index in [1.54, 1.807) is 30.3 Å². The molecule has 3 amide bonds. The highest BCUT2D eigenvalue weighted by Gasteiger charge is 2.46. The average Bonchev–Trinajstić information content (AvgIpc) is 3.93. The van der Waals surface area contributed by atoms with Gasteiger partial charge in [0.05, 0.1) is 30.1 Å². The molecule has 4 fully saturated rings. The van der Waals surface area contributed by atoms with E-state index in [1.165, 1.54) is 48.3 Å². The van der Waals surface area contributed by atoms with E-state index in [9.17, 15) is 40.8 Å². The fraction of sp³-hybridized carbons (Fsp3) is 0.578. The monoisotopic (exact) mass is 1220 g/mol. The van der Waals surface area contributed by atoms with Crippen LogP contribution in [0.1, 0.15) is 89.9 Å². The molecule has 6 atom stereocenters. The van der Waals surface area contributed by atoms with Crippen molar-refractivity contribution in [1.82, 2.24) is 24.6 Å². The molecule has 372 valence electrons. The quantitative estimate of drug-likeness (QED) is 0.101. The van der Waals surface area contributed by atoms with Crippen LogP contribution >= 0.6 is 57.6 Å². The summed E-state index contributed by atoms with van der Waals surface area (Å²) >= 11 is 4.19. The number of rotatable bonds is 16. The summed E-state index contributed by atoms with van der Waals surface area (Å²) in [4.78, 5) is 67.4. The van der Waals surface area contributed by atoms with Gasteiger partial charge in [0.15, 0.2) is 0 Å². The molecule has 2 aromatic rings. The minimum absolute atomic E-state index is 0. The molecule has 67 heavy (non-hydrogen) atoms. The molecule has 2 aliphatic carbocycles. The zero-order chi connectivity index (χ0) is 48.2. The lowest BCUT2D eigenvalue weighted by Gasteiger charge is -2.34. The Labute approximate surface area is 428 Å². The van der Waals surface area contributed by atoms with Crippen molar-refractivity contribution >= 4 is 107 Å². The summed E-state index contributed by atoms with van der Waals surface area (Å²) < 4.78 is 68.3. The molecule has 2 heterocycles. The van der Waals surface area contributed by atoms with E-state index in [1.807, 2.05) is 0 Å². The van der Waals surface area contributed by atoms with Gasteiger partial charge in [-0.25, -0.2) is 35.9 Å². The third-order valence-electron chi connectivity index (χ3n) is 12.7. The molecule has 0 spiro atoms. The van der Waals surface area contributed by atoms with Gasteiger partial charge in [-0.3, -0.25) is 14.4 Å². The number of sulfonamides is 2. The van der Waals surface area contributed by atoms with Gasteiger partial charge < -0.3 is 30.3 Å². The molecule has 2 saturated carbocycles. The summed E-state index contributed by atoms with van der Waals surface area (Å²) in [6, 6.07) is 8.36. The molecule has 0 aromatic heterocycles. The van der Waals surface area contributed by atoms with Crippen molar-refractivity contribution in [1.29, 1.82) is 0 Å². The van der Waals surface area contributed by atoms with Crippen molar-refractivity contribution in [3.63, 3.8) is 0 Å². The Hall–Kier alpha value is -2.94. The molecule has 2 aromatic carbocycles. The maximum absolute atomic E-state index is 13.8. The maximum atomic E-state index is 13.8. The molecule has 2 aliphatic heterocycles. The second-order valence-electron chi connectivity index (χ2n) is 17.3. The Morgan fingerprint density at radius 1 is 0.701 bits per heavy atom. The number of carbonyl (C=O) groups is 5. The first kappa shape index (κ1) is 56.6. The first-order valence-corrected chi connectivity index (χ1v) is 27.5. The lowest BCUT2D eigenvalue weighted by atomic mass is 9.83. The van der Waals surface area contributed by atoms with Crippen LogP contribution in [0, 0.1) is 19.0 Å². The van der Waals surface area contributed by atoms with Gasteiger partial charge in [-0.15, -0.1) is 19.0 Å². The number of carbonyl (C=O) groups excluding carboxylic acids is 5. The second-order valence-corrected chi connectivity index (χ2v) is 23.2. The molecule has 0 bridgehead atoms. The molecule has 17 nitrogen and oxygen atoms in total. The van der Waals surface area contributed by atoms with E-state index in [4.69, 9.17) is 15.2 Å². The highest BCUT2D eigenvalue weighted by atomic mass is 127. The molecular weight excluding hydrogens is 1150 g/mol. The van der Waals surface area contributed by atoms with Crippen molar-refractivity contribution in [2.24, 2.45) is 17.6 Å². The summed E-state index contributed by atoms with van der Waals surface area (Å²) in [7, 11) is -5.14. The summed E-state index contributed by atoms with van der Waals surface area (Å²) in [6.45, 7) is 3.73. The number of nitrogens with one attached hydrogen (secondary N) is 3. The van der Waals surface area contributed by atoms with Gasteiger partial charge in [0.1, 0.15) is 18.1 Å². The molecule has 5 N–H and O–H groups in total. The molecule has 4 aliphatic rings. The zero-order valence-corrected chi connectivity index (χ0v) is 44.5. The summed E-state index contributed by atoms with van der Waals surface area (Å²) in [6.07, 6.45) is 12.3. The minimum atomic E-state index is -3.86. The highest BCUT2D eigenvalue weighted by molar-refractivity contribution is 14.1. The number of benzene rings is 2. The van der Waals surface area contributed by atoms with Gasteiger partial charge in [-0.2, -0.15) is 0 Å². The number of allylic oxidation sites excluding steroid dienone is 1. The summed E-state index contributed by atoms with van der Waals surface area (Å²) in [5.41, 5.74) is 6.27. The highest BCUT2D eigenvalue weighted by Crippen LogP contribution is 2.32. The van der Waals surface area contributed by atoms with Crippen molar-refractivity contribution in [2.75, 3.05) is 27.3 Å². The van der Waals surface area contributed by atoms with Gasteiger partial charge >= 0.3 is 11.9 Å². The van der Waals surface area contributed by atoms with Gasteiger partial charge in [-0.1, -0.05) is 44.6 Å². The molecule has 6 rings (SSSR count). The number of methoxy groups -OCH3 is 2. The van der Waals surface area contributed by atoms with Gasteiger partial charge in [-0.05, 0) is 150 Å². The third-order valence-corrected chi connectivity index (χ3v) is 17.2. The smallest absolute Gasteiger partial charge is 0.328 e. The fourth-order valence-corrected chi connectivity index (χ4v) is 12.4. The Bertz CT molecular complexity index is 2250. The SMILES string of the molecule is C=CCCC(=O)N[C@H](C(=O)N1C[C@H](NS(=O)(=O)c2ccc(I)cc2)C[C@@H]1C(=O)OC)C1CCCCC1.COC(=O)[C@H]1C[C@@H](NS(=O)(=O)c2ccc(I)cc2)CN1C(=O)[C@@H](N)C1CCCCC1.Cl. The number of ether oxygens (including phenoxy) is 2. The van der Waals surface area contributed by atoms with Crippen molar-refractivity contribution < 1.29 is 50.3 Å². The van der Waals surface area contributed by atoms with Crippen LogP contribution in [-0.4, -0.2) is 120 Å². The number of esters is 2. The molecule has 2 saturated heterocycles. The number of halogens is 3. The van der Waals surface area contributed by atoms with Crippen LogP contribution in [0.4, 0.5) is 0 Å². The number of nitrogens with two attached hydrogens (primary N) is 1. The summed E-state index contributed by atoms with van der Waals surface area (Å²) in [5, 5.41) is 2.90. The Morgan fingerprint density at radius 3 is 1.51 bits per heavy atom. The molecular formula is C45H63ClI2N6O11S2. The van der Waals surface area contributed by atoms with E-state index < -0.39 is 68.2 Å². The lowest BCUT2D eigenvalue weighted by molar-refractivity contribution is -0.152. The fourth-order valence-electron chi connectivity index (χ4n) is 9.24. The van der Waals surface area contributed by atoms with Crippen LogP contribution in [0.2, 0.25) is 0 Å². The number of nitrogens with zero attached hydrogens (tertiary/aromatic N) is 2. The van der Waals surface area contributed by atoms with Crippen LogP contribution < -0.4 is 20.5 Å². The predicted molar refractivity (Wildman–Crippen MR) is 271 cm³/mol. The third kappa shape index (κ3) is 15.5. The van der Waals surface area contributed by atoms with Crippen LogP contribution in [0.5, 0.6) is 0 Å². The van der Waals surface area contributed by atoms with E-state index in [0.29, 0.717) is 6.42 Å². The number of hydrogen-bond acceptors (Lipinski definition) is 12.